The lowest BCUT2D eigenvalue weighted by molar-refractivity contribution is -0.144. The summed E-state index contributed by atoms with van der Waals surface area (Å²) in [5, 5.41) is 17.6. The second-order valence-corrected chi connectivity index (χ2v) is 10.6. The molecule has 2 N–H and O–H groups in total. The first-order valence-corrected chi connectivity index (χ1v) is 10.4. The molecule has 0 saturated heterocycles. The number of alkyl halides is 12. The van der Waals surface area contributed by atoms with Crippen LogP contribution in [0, 0.1) is 0 Å². The first-order chi connectivity index (χ1) is 15.1. The fourth-order valence-electron chi connectivity index (χ4n) is 2.51. The molecule has 0 aliphatic heterocycles. The number of benzene rings is 2. The van der Waals surface area contributed by atoms with Gasteiger partial charge in [-0.25, -0.2) is 9.59 Å². The number of carboxylic acid groups (broad SMARTS) is 2. The predicted molar refractivity (Wildman–Crippen MR) is 115 cm³/mol. The number of aromatic carboxylic acids is 2. The monoisotopic (exact) mass is 612 g/mol. The molecule has 188 valence electrons. The minimum atomic E-state index is -5.16. The van der Waals surface area contributed by atoms with Gasteiger partial charge in [-0.15, -0.1) is 0 Å². The van der Waals surface area contributed by atoms with E-state index in [1.165, 1.54) is 18.2 Å². The van der Waals surface area contributed by atoms with Crippen LogP contribution in [0.15, 0.2) is 36.4 Å². The number of carbonyl (C=O) groups is 2. The molecule has 0 unspecified atom stereocenters. The van der Waals surface area contributed by atoms with Gasteiger partial charge in [0.1, 0.15) is 0 Å². The number of rotatable bonds is 2. The summed E-state index contributed by atoms with van der Waals surface area (Å²) in [5.41, 5.74) is -5.86. The maximum absolute atomic E-state index is 12.3. The molecule has 0 fully saturated rings. The van der Waals surface area contributed by atoms with Crippen molar-refractivity contribution in [2.75, 3.05) is 0 Å². The van der Waals surface area contributed by atoms with Gasteiger partial charge in [0.2, 0.25) is 7.59 Å². The molecule has 0 saturated carbocycles. The summed E-state index contributed by atoms with van der Waals surface area (Å²) in [6, 6.07) is 5.23. The van der Waals surface area contributed by atoms with E-state index >= 15 is 0 Å². The van der Waals surface area contributed by atoms with Crippen molar-refractivity contribution in [3.05, 3.63) is 69.8 Å². The SMILES string of the molecule is O=C(O)c1c(C(Cl)(Cl)Cl)cccc1C(Cl)(Cl)Cl.O=C(O)c1c(C(F)(F)F)cccc1C(F)(F)F. The Labute approximate surface area is 216 Å². The molecule has 0 aromatic heterocycles. The van der Waals surface area contributed by atoms with Crippen molar-refractivity contribution < 1.29 is 46.1 Å². The molecule has 0 heterocycles. The fourth-order valence-corrected chi connectivity index (χ4v) is 3.46. The summed E-state index contributed by atoms with van der Waals surface area (Å²) in [4.78, 5) is 21.7. The lowest BCUT2D eigenvalue weighted by Crippen LogP contribution is -2.19. The first kappa shape index (κ1) is 30.7. The average molecular weight is 615 g/mol. The smallest absolute Gasteiger partial charge is 0.417 e. The average Bonchev–Trinajstić information content (AvgIpc) is 2.64. The summed E-state index contributed by atoms with van der Waals surface area (Å²) in [7, 11) is 0. The van der Waals surface area contributed by atoms with E-state index in [9.17, 15) is 35.9 Å². The quantitative estimate of drug-likeness (QED) is 0.263. The van der Waals surface area contributed by atoms with Crippen LogP contribution in [0.4, 0.5) is 26.3 Å². The summed E-state index contributed by atoms with van der Waals surface area (Å²) in [5.74, 6) is -3.61. The minimum Gasteiger partial charge on any atom is -0.478 e. The Kier molecular flexibility index (Phi) is 9.72. The van der Waals surface area contributed by atoms with Crippen LogP contribution in [0.5, 0.6) is 0 Å². The Morgan fingerprint density at radius 3 is 1.00 bits per heavy atom. The van der Waals surface area contributed by atoms with Crippen LogP contribution in [0.25, 0.3) is 0 Å². The minimum absolute atomic E-state index is 0.0566. The lowest BCUT2D eigenvalue weighted by atomic mass is 10.0. The van der Waals surface area contributed by atoms with Crippen LogP contribution in [0.1, 0.15) is 43.0 Å². The lowest BCUT2D eigenvalue weighted by Gasteiger charge is -2.20. The normalized spacial score (nSPS) is 12.6. The zero-order valence-corrected chi connectivity index (χ0v) is 20.2. The highest BCUT2D eigenvalue weighted by Crippen LogP contribution is 2.46. The van der Waals surface area contributed by atoms with Gasteiger partial charge in [-0.3, -0.25) is 0 Å². The van der Waals surface area contributed by atoms with Crippen LogP contribution >= 0.6 is 69.6 Å². The van der Waals surface area contributed by atoms with Gasteiger partial charge in [-0.2, -0.15) is 26.3 Å². The molecular weight excluding hydrogens is 607 g/mol. The van der Waals surface area contributed by atoms with Gasteiger partial charge in [-0.05, 0) is 12.1 Å². The Morgan fingerprint density at radius 1 is 0.559 bits per heavy atom. The maximum atomic E-state index is 12.3. The number of hydrogen-bond acceptors (Lipinski definition) is 2. The highest BCUT2D eigenvalue weighted by Gasteiger charge is 2.42. The van der Waals surface area contributed by atoms with Crippen molar-refractivity contribution in [2.24, 2.45) is 0 Å². The predicted octanol–water partition coefficient (Wildman–Crippen LogP) is 8.46. The van der Waals surface area contributed by atoms with E-state index in [2.05, 4.69) is 0 Å². The van der Waals surface area contributed by atoms with Gasteiger partial charge in [0, 0.05) is 11.1 Å². The molecular formula is C18H8Cl6F6O4. The Bertz CT molecular complexity index is 925. The standard InChI is InChI=1S/C9H4Cl6O2.C9H4F6O2/c2*10-8(11,12)4-2-1-3-5(9(13,14)15)6(4)7(16)17/h2*1-3H,(H,16,17). The van der Waals surface area contributed by atoms with Crippen molar-refractivity contribution in [1.29, 1.82) is 0 Å². The van der Waals surface area contributed by atoms with E-state index in [4.69, 9.17) is 79.8 Å². The zero-order valence-electron chi connectivity index (χ0n) is 15.7. The highest BCUT2D eigenvalue weighted by atomic mass is 35.6. The van der Waals surface area contributed by atoms with E-state index in [0.717, 1.165) is 0 Å². The van der Waals surface area contributed by atoms with Crippen LogP contribution < -0.4 is 0 Å². The summed E-state index contributed by atoms with van der Waals surface area (Å²) < 4.78 is 70.2. The Hall–Kier alpha value is -1.30. The second kappa shape index (κ2) is 10.8. The van der Waals surface area contributed by atoms with E-state index < -0.39 is 48.6 Å². The second-order valence-electron chi connectivity index (χ2n) is 6.06. The molecule has 0 spiro atoms. The van der Waals surface area contributed by atoms with Crippen molar-refractivity contribution in [1.82, 2.24) is 0 Å². The molecule has 34 heavy (non-hydrogen) atoms. The van der Waals surface area contributed by atoms with E-state index in [0.29, 0.717) is 18.2 Å². The zero-order chi connectivity index (χ0) is 26.9. The van der Waals surface area contributed by atoms with Crippen LogP contribution in [0.3, 0.4) is 0 Å². The van der Waals surface area contributed by atoms with Crippen LogP contribution in [-0.2, 0) is 19.9 Å². The third kappa shape index (κ3) is 7.86. The molecule has 2 aromatic carbocycles. The van der Waals surface area contributed by atoms with Crippen molar-refractivity contribution in [3.63, 3.8) is 0 Å². The van der Waals surface area contributed by atoms with Crippen LogP contribution in [-0.4, -0.2) is 22.2 Å². The topological polar surface area (TPSA) is 74.6 Å². The van der Waals surface area contributed by atoms with Gasteiger partial charge < -0.3 is 10.2 Å². The molecule has 2 aromatic rings. The Morgan fingerprint density at radius 2 is 0.794 bits per heavy atom. The summed E-state index contributed by atoms with van der Waals surface area (Å²) in [6.07, 6.45) is -10.3. The molecule has 0 amide bonds. The molecule has 0 atom stereocenters. The molecule has 0 radical (unpaired) electrons. The third-order valence-corrected chi connectivity index (χ3v) is 5.00. The van der Waals surface area contributed by atoms with Crippen molar-refractivity contribution in [3.8, 4) is 0 Å². The highest BCUT2D eigenvalue weighted by molar-refractivity contribution is 6.68. The van der Waals surface area contributed by atoms with Gasteiger partial charge >= 0.3 is 24.3 Å². The van der Waals surface area contributed by atoms with Crippen LogP contribution in [0.2, 0.25) is 0 Å². The summed E-state index contributed by atoms with van der Waals surface area (Å²) >= 11 is 34.0. The van der Waals surface area contributed by atoms with Crippen molar-refractivity contribution in [2.45, 2.75) is 19.9 Å². The van der Waals surface area contributed by atoms with Gasteiger partial charge in [0.05, 0.1) is 22.3 Å². The van der Waals surface area contributed by atoms with Gasteiger partial charge in [0.15, 0.2) is 0 Å². The molecule has 0 bridgehead atoms. The first-order valence-electron chi connectivity index (χ1n) is 8.11. The third-order valence-electron chi connectivity index (χ3n) is 3.78. The fraction of sp³-hybridized carbons (Fsp3) is 0.222. The number of carboxylic acids is 2. The largest absolute Gasteiger partial charge is 0.478 e. The molecule has 2 rings (SSSR count). The Balaban J connectivity index is 0.000000340. The molecule has 0 aliphatic carbocycles. The molecule has 0 aliphatic rings. The molecule has 4 nitrogen and oxygen atoms in total. The maximum Gasteiger partial charge on any atom is 0.417 e. The van der Waals surface area contributed by atoms with Gasteiger partial charge in [-0.1, -0.05) is 93.9 Å². The van der Waals surface area contributed by atoms with Crippen molar-refractivity contribution >= 4 is 81.5 Å². The number of halogens is 12. The van der Waals surface area contributed by atoms with E-state index in [1.54, 1.807) is 0 Å². The van der Waals surface area contributed by atoms with E-state index in [-0.39, 0.29) is 16.7 Å². The summed E-state index contributed by atoms with van der Waals surface area (Å²) in [6.45, 7) is 0. The number of hydrogen-bond donors (Lipinski definition) is 2. The van der Waals surface area contributed by atoms with E-state index in [1.807, 2.05) is 0 Å². The van der Waals surface area contributed by atoms with Gasteiger partial charge in [0.25, 0.3) is 0 Å². The molecule has 16 heteroatoms.